The van der Waals surface area contributed by atoms with Gasteiger partial charge in [0.15, 0.2) is 6.10 Å². The Hall–Kier alpha value is -1.10. The maximum Gasteiger partial charge on any atom is 0.332 e. The lowest BCUT2D eigenvalue weighted by Crippen LogP contribution is -2.40. The summed E-state index contributed by atoms with van der Waals surface area (Å²) in [4.78, 5) is 21.3. The zero-order valence-corrected chi connectivity index (χ0v) is 7.48. The lowest BCUT2D eigenvalue weighted by molar-refractivity contribution is -0.156. The SMILES string of the molecule is CC1(C)OC(=O)C[C@@H]1[C@H](O)C(=O)O. The number of carboxylic acid groups (broad SMARTS) is 1. The third-order valence-electron chi connectivity index (χ3n) is 2.29. The first-order chi connectivity index (χ1) is 5.84. The summed E-state index contributed by atoms with van der Waals surface area (Å²) in [5, 5.41) is 17.8. The third-order valence-corrected chi connectivity index (χ3v) is 2.29. The van der Waals surface area contributed by atoms with E-state index in [9.17, 15) is 14.7 Å². The monoisotopic (exact) mass is 188 g/mol. The summed E-state index contributed by atoms with van der Waals surface area (Å²) >= 11 is 0. The third kappa shape index (κ3) is 1.80. The Morgan fingerprint density at radius 3 is 2.54 bits per heavy atom. The average Bonchev–Trinajstić information content (AvgIpc) is 2.22. The molecule has 5 heteroatoms. The van der Waals surface area contributed by atoms with Crippen LogP contribution in [0.25, 0.3) is 0 Å². The highest BCUT2D eigenvalue weighted by atomic mass is 16.6. The maximum atomic E-state index is 10.9. The van der Waals surface area contributed by atoms with Crippen molar-refractivity contribution in [3.8, 4) is 0 Å². The van der Waals surface area contributed by atoms with Crippen LogP contribution in [0.15, 0.2) is 0 Å². The molecule has 13 heavy (non-hydrogen) atoms. The zero-order valence-electron chi connectivity index (χ0n) is 7.48. The number of hydrogen-bond acceptors (Lipinski definition) is 4. The molecule has 5 nitrogen and oxygen atoms in total. The smallest absolute Gasteiger partial charge is 0.332 e. The highest BCUT2D eigenvalue weighted by Crippen LogP contribution is 2.34. The summed E-state index contributed by atoms with van der Waals surface area (Å²) in [6.07, 6.45) is -1.58. The van der Waals surface area contributed by atoms with E-state index in [4.69, 9.17) is 9.84 Å². The summed E-state index contributed by atoms with van der Waals surface area (Å²) in [6, 6.07) is 0. The van der Waals surface area contributed by atoms with E-state index in [0.29, 0.717) is 0 Å². The van der Waals surface area contributed by atoms with Crippen molar-refractivity contribution in [2.24, 2.45) is 5.92 Å². The number of cyclic esters (lactones) is 1. The van der Waals surface area contributed by atoms with Crippen LogP contribution in [-0.2, 0) is 14.3 Å². The molecule has 1 aliphatic rings. The highest BCUT2D eigenvalue weighted by molar-refractivity contribution is 5.77. The van der Waals surface area contributed by atoms with Gasteiger partial charge in [-0.2, -0.15) is 0 Å². The molecule has 0 bridgehead atoms. The molecule has 2 atom stereocenters. The number of carbonyl (C=O) groups is 2. The second-order valence-corrected chi connectivity index (χ2v) is 3.67. The molecule has 0 radical (unpaired) electrons. The van der Waals surface area contributed by atoms with Gasteiger partial charge in [0.05, 0.1) is 6.42 Å². The van der Waals surface area contributed by atoms with Gasteiger partial charge in [0, 0.05) is 5.92 Å². The maximum absolute atomic E-state index is 10.9. The van der Waals surface area contributed by atoms with Gasteiger partial charge in [0.2, 0.25) is 0 Å². The van der Waals surface area contributed by atoms with Crippen LogP contribution in [0.5, 0.6) is 0 Å². The minimum absolute atomic E-state index is 0.0412. The fourth-order valence-electron chi connectivity index (χ4n) is 1.50. The van der Waals surface area contributed by atoms with E-state index in [1.54, 1.807) is 13.8 Å². The van der Waals surface area contributed by atoms with Gasteiger partial charge in [0.1, 0.15) is 5.60 Å². The van der Waals surface area contributed by atoms with Gasteiger partial charge in [-0.05, 0) is 13.8 Å². The van der Waals surface area contributed by atoms with Gasteiger partial charge < -0.3 is 14.9 Å². The zero-order chi connectivity index (χ0) is 10.2. The van der Waals surface area contributed by atoms with Crippen molar-refractivity contribution in [3.63, 3.8) is 0 Å². The fourth-order valence-corrected chi connectivity index (χ4v) is 1.50. The standard InChI is InChI=1S/C8H12O5/c1-8(2)4(3-5(9)13-8)6(10)7(11)12/h4,6,10H,3H2,1-2H3,(H,11,12)/t4-,6+/m1/s1. The lowest BCUT2D eigenvalue weighted by Gasteiger charge is -2.26. The van der Waals surface area contributed by atoms with Gasteiger partial charge in [-0.15, -0.1) is 0 Å². The van der Waals surface area contributed by atoms with Gasteiger partial charge in [-0.3, -0.25) is 4.79 Å². The summed E-state index contributed by atoms with van der Waals surface area (Å²) in [5.41, 5.74) is -0.894. The Labute approximate surface area is 75.3 Å². The summed E-state index contributed by atoms with van der Waals surface area (Å²) in [7, 11) is 0. The topological polar surface area (TPSA) is 83.8 Å². The number of hydrogen-bond donors (Lipinski definition) is 2. The molecule has 1 rings (SSSR count). The molecule has 0 aromatic heterocycles. The molecule has 0 aromatic carbocycles. The van der Waals surface area contributed by atoms with Gasteiger partial charge >= 0.3 is 11.9 Å². The van der Waals surface area contributed by atoms with Crippen LogP contribution in [0.2, 0.25) is 0 Å². The number of ether oxygens (including phenoxy) is 1. The predicted octanol–water partition coefficient (Wildman–Crippen LogP) is -0.226. The minimum Gasteiger partial charge on any atom is -0.479 e. The first kappa shape index (κ1) is 9.98. The number of aliphatic hydroxyl groups excluding tert-OH is 1. The second kappa shape index (κ2) is 2.99. The van der Waals surface area contributed by atoms with Crippen LogP contribution in [0.1, 0.15) is 20.3 Å². The van der Waals surface area contributed by atoms with E-state index in [-0.39, 0.29) is 6.42 Å². The van der Waals surface area contributed by atoms with Crippen molar-refractivity contribution < 1.29 is 24.5 Å². The van der Waals surface area contributed by atoms with E-state index >= 15 is 0 Å². The van der Waals surface area contributed by atoms with Gasteiger partial charge in [-0.1, -0.05) is 0 Å². The molecule has 0 aromatic rings. The number of esters is 1. The quantitative estimate of drug-likeness (QED) is 0.585. The van der Waals surface area contributed by atoms with Crippen molar-refractivity contribution in [1.82, 2.24) is 0 Å². The largest absolute Gasteiger partial charge is 0.479 e. The molecule has 0 amide bonds. The van der Waals surface area contributed by atoms with E-state index in [0.717, 1.165) is 0 Å². The number of rotatable bonds is 2. The summed E-state index contributed by atoms with van der Waals surface area (Å²) < 4.78 is 4.87. The number of aliphatic carboxylic acids is 1. The molecule has 1 aliphatic heterocycles. The van der Waals surface area contributed by atoms with Crippen LogP contribution < -0.4 is 0 Å². The Morgan fingerprint density at radius 1 is 1.69 bits per heavy atom. The van der Waals surface area contributed by atoms with Crippen LogP contribution in [0.3, 0.4) is 0 Å². The first-order valence-electron chi connectivity index (χ1n) is 3.97. The molecular formula is C8H12O5. The number of carbonyl (C=O) groups excluding carboxylic acids is 1. The van der Waals surface area contributed by atoms with Crippen molar-refractivity contribution >= 4 is 11.9 Å². The molecule has 1 fully saturated rings. The molecular weight excluding hydrogens is 176 g/mol. The molecule has 0 aliphatic carbocycles. The Kier molecular flexibility index (Phi) is 2.30. The highest BCUT2D eigenvalue weighted by Gasteiger charge is 2.47. The fraction of sp³-hybridized carbons (Fsp3) is 0.750. The molecule has 0 unspecified atom stereocenters. The Morgan fingerprint density at radius 2 is 2.23 bits per heavy atom. The number of carboxylic acids is 1. The Bertz CT molecular complexity index is 245. The molecule has 2 N–H and O–H groups in total. The van der Waals surface area contributed by atoms with Crippen molar-refractivity contribution in [2.75, 3.05) is 0 Å². The number of aliphatic hydroxyl groups is 1. The van der Waals surface area contributed by atoms with Crippen molar-refractivity contribution in [2.45, 2.75) is 32.0 Å². The second-order valence-electron chi connectivity index (χ2n) is 3.67. The Balaban J connectivity index is 2.80. The van der Waals surface area contributed by atoms with Crippen molar-refractivity contribution in [1.29, 1.82) is 0 Å². The van der Waals surface area contributed by atoms with E-state index < -0.39 is 29.6 Å². The predicted molar refractivity (Wildman–Crippen MR) is 41.9 cm³/mol. The lowest BCUT2D eigenvalue weighted by atomic mass is 9.86. The molecule has 74 valence electrons. The van der Waals surface area contributed by atoms with Gasteiger partial charge in [-0.25, -0.2) is 4.79 Å². The molecule has 0 saturated carbocycles. The van der Waals surface area contributed by atoms with Gasteiger partial charge in [0.25, 0.3) is 0 Å². The van der Waals surface area contributed by atoms with Crippen LogP contribution in [0.4, 0.5) is 0 Å². The van der Waals surface area contributed by atoms with E-state index in [1.807, 2.05) is 0 Å². The minimum atomic E-state index is -1.54. The first-order valence-corrected chi connectivity index (χ1v) is 3.97. The van der Waals surface area contributed by atoms with Crippen LogP contribution in [0, 0.1) is 5.92 Å². The van der Waals surface area contributed by atoms with Crippen LogP contribution in [-0.4, -0.2) is 33.9 Å². The molecule has 1 saturated heterocycles. The van der Waals surface area contributed by atoms with Crippen molar-refractivity contribution in [3.05, 3.63) is 0 Å². The van der Waals surface area contributed by atoms with E-state index in [2.05, 4.69) is 0 Å². The average molecular weight is 188 g/mol. The summed E-state index contributed by atoms with van der Waals surface area (Å²) in [6.45, 7) is 3.18. The summed E-state index contributed by atoms with van der Waals surface area (Å²) in [5.74, 6) is -2.45. The molecule has 0 spiro atoms. The normalized spacial score (nSPS) is 28.2. The molecule has 1 heterocycles. The van der Waals surface area contributed by atoms with Crippen LogP contribution >= 0.6 is 0 Å². The van der Waals surface area contributed by atoms with E-state index in [1.165, 1.54) is 0 Å².